The molecule has 0 radical (unpaired) electrons. The molecule has 1 aromatic rings. The Morgan fingerprint density at radius 3 is 2.55 bits per heavy atom. The van der Waals surface area contributed by atoms with Crippen molar-refractivity contribution < 1.29 is 32.2 Å². The Bertz CT molecular complexity index is 519. The molecule has 0 fully saturated rings. The Morgan fingerprint density at radius 1 is 1.35 bits per heavy atom. The number of benzene rings is 1. The maximum absolute atomic E-state index is 11.9. The number of amides is 1. The summed E-state index contributed by atoms with van der Waals surface area (Å²) in [5.41, 5.74) is -0.183. The van der Waals surface area contributed by atoms with Crippen molar-refractivity contribution in [3.8, 4) is 0 Å². The second kappa shape index (κ2) is 6.47. The fraction of sp³-hybridized carbons (Fsp3) is 0.273. The number of rotatable bonds is 3. The quantitative estimate of drug-likeness (QED) is 0.870. The van der Waals surface area contributed by atoms with Gasteiger partial charge in [0.2, 0.25) is 0 Å². The van der Waals surface area contributed by atoms with Crippen molar-refractivity contribution in [3.63, 3.8) is 0 Å². The van der Waals surface area contributed by atoms with Crippen LogP contribution in [0.4, 0.5) is 23.7 Å². The van der Waals surface area contributed by atoms with E-state index in [0.717, 1.165) is 7.11 Å². The van der Waals surface area contributed by atoms with Crippen LogP contribution in [-0.2, 0) is 9.47 Å². The van der Waals surface area contributed by atoms with Gasteiger partial charge in [-0.25, -0.2) is 9.59 Å². The van der Waals surface area contributed by atoms with E-state index in [1.165, 1.54) is 18.2 Å². The minimum atomic E-state index is -4.64. The SMILES string of the molecule is COC(=O)c1cc(Cl)ccc1NC(=O)OCC(F)(F)F. The van der Waals surface area contributed by atoms with E-state index in [4.69, 9.17) is 11.6 Å². The Hall–Kier alpha value is -1.96. The zero-order chi connectivity index (χ0) is 15.3. The molecule has 0 heterocycles. The number of hydrogen-bond acceptors (Lipinski definition) is 4. The molecule has 0 aliphatic rings. The number of hydrogen-bond donors (Lipinski definition) is 1. The van der Waals surface area contributed by atoms with E-state index in [2.05, 4.69) is 9.47 Å². The van der Waals surface area contributed by atoms with E-state index in [1.807, 2.05) is 5.32 Å². The topological polar surface area (TPSA) is 64.6 Å². The predicted molar refractivity (Wildman–Crippen MR) is 63.8 cm³/mol. The van der Waals surface area contributed by atoms with Crippen molar-refractivity contribution in [2.75, 3.05) is 19.0 Å². The van der Waals surface area contributed by atoms with Crippen LogP contribution in [0, 0.1) is 0 Å². The number of nitrogens with one attached hydrogen (secondary N) is 1. The number of anilines is 1. The summed E-state index contributed by atoms with van der Waals surface area (Å²) in [6.07, 6.45) is -5.99. The van der Waals surface area contributed by atoms with Gasteiger partial charge in [0, 0.05) is 5.02 Å². The van der Waals surface area contributed by atoms with Gasteiger partial charge in [-0.15, -0.1) is 0 Å². The molecule has 110 valence electrons. The molecule has 5 nitrogen and oxygen atoms in total. The van der Waals surface area contributed by atoms with Gasteiger partial charge in [-0.3, -0.25) is 5.32 Å². The smallest absolute Gasteiger partial charge is 0.422 e. The van der Waals surface area contributed by atoms with Gasteiger partial charge in [0.15, 0.2) is 6.61 Å². The Kier molecular flexibility index (Phi) is 5.20. The summed E-state index contributed by atoms with van der Waals surface area (Å²) in [7, 11) is 1.11. The lowest BCUT2D eigenvalue weighted by Gasteiger charge is -2.11. The summed E-state index contributed by atoms with van der Waals surface area (Å²) in [6.45, 7) is -1.74. The van der Waals surface area contributed by atoms with Gasteiger partial charge in [0.1, 0.15) is 0 Å². The molecule has 0 unspecified atom stereocenters. The minimum absolute atomic E-state index is 0.0755. The van der Waals surface area contributed by atoms with Crippen LogP contribution in [0.25, 0.3) is 0 Å². The predicted octanol–water partition coefficient (Wildman–Crippen LogP) is 3.24. The molecule has 0 saturated carbocycles. The third-order valence-electron chi connectivity index (χ3n) is 1.99. The molecule has 1 aromatic carbocycles. The van der Waals surface area contributed by atoms with Crippen molar-refractivity contribution in [2.24, 2.45) is 0 Å². The molecular weight excluding hydrogens is 303 g/mol. The molecule has 1 N–H and O–H groups in total. The van der Waals surface area contributed by atoms with E-state index in [0.29, 0.717) is 0 Å². The molecule has 0 aliphatic heterocycles. The average molecular weight is 312 g/mol. The van der Waals surface area contributed by atoms with E-state index < -0.39 is 24.8 Å². The first-order valence-electron chi connectivity index (χ1n) is 5.11. The lowest BCUT2D eigenvalue weighted by atomic mass is 10.2. The highest BCUT2D eigenvalue weighted by Gasteiger charge is 2.29. The van der Waals surface area contributed by atoms with Gasteiger partial charge < -0.3 is 9.47 Å². The summed E-state index contributed by atoms with van der Waals surface area (Å²) in [5.74, 6) is -0.807. The summed E-state index contributed by atoms with van der Waals surface area (Å²) < 4.78 is 44.0. The van der Waals surface area contributed by atoms with E-state index in [-0.39, 0.29) is 16.3 Å². The fourth-order valence-corrected chi connectivity index (χ4v) is 1.37. The third-order valence-corrected chi connectivity index (χ3v) is 2.23. The standard InChI is InChI=1S/C11H9ClF3NO4/c1-19-9(17)7-4-6(12)2-3-8(7)16-10(18)20-5-11(13,14)15/h2-4H,5H2,1H3,(H,16,18). The van der Waals surface area contributed by atoms with Crippen LogP contribution < -0.4 is 5.32 Å². The second-order valence-electron chi connectivity index (χ2n) is 3.50. The van der Waals surface area contributed by atoms with Crippen LogP contribution in [-0.4, -0.2) is 32.0 Å². The third kappa shape index (κ3) is 4.96. The first kappa shape index (κ1) is 16.1. The Balaban J connectivity index is 2.82. The van der Waals surface area contributed by atoms with Gasteiger partial charge in [-0.05, 0) is 18.2 Å². The molecular formula is C11H9ClF3NO4. The summed E-state index contributed by atoms with van der Waals surface area (Å²) >= 11 is 5.67. The van der Waals surface area contributed by atoms with Crippen molar-refractivity contribution in [2.45, 2.75) is 6.18 Å². The van der Waals surface area contributed by atoms with Crippen LogP contribution in [0.3, 0.4) is 0 Å². The van der Waals surface area contributed by atoms with E-state index in [1.54, 1.807) is 0 Å². The maximum atomic E-state index is 11.9. The Morgan fingerprint density at radius 2 is 2.00 bits per heavy atom. The Labute approximate surface area is 116 Å². The van der Waals surface area contributed by atoms with E-state index in [9.17, 15) is 22.8 Å². The zero-order valence-corrected chi connectivity index (χ0v) is 10.8. The zero-order valence-electron chi connectivity index (χ0n) is 10.1. The number of esters is 1. The normalized spacial score (nSPS) is 10.8. The van der Waals surface area contributed by atoms with Crippen LogP contribution in [0.1, 0.15) is 10.4 Å². The molecule has 20 heavy (non-hydrogen) atoms. The lowest BCUT2D eigenvalue weighted by Crippen LogP contribution is -2.24. The molecule has 1 amide bonds. The van der Waals surface area contributed by atoms with Crippen LogP contribution >= 0.6 is 11.6 Å². The number of ether oxygens (including phenoxy) is 2. The van der Waals surface area contributed by atoms with Gasteiger partial charge in [-0.1, -0.05) is 11.6 Å². The van der Waals surface area contributed by atoms with Crippen LogP contribution in [0.2, 0.25) is 5.02 Å². The number of carbonyl (C=O) groups excluding carboxylic acids is 2. The van der Waals surface area contributed by atoms with Crippen LogP contribution in [0.15, 0.2) is 18.2 Å². The number of halogens is 4. The number of carbonyl (C=O) groups is 2. The average Bonchev–Trinajstić information content (AvgIpc) is 2.37. The van der Waals surface area contributed by atoms with Gasteiger partial charge in [-0.2, -0.15) is 13.2 Å². The molecule has 0 saturated heterocycles. The highest BCUT2D eigenvalue weighted by molar-refractivity contribution is 6.31. The van der Waals surface area contributed by atoms with Crippen molar-refractivity contribution >= 4 is 29.4 Å². The monoisotopic (exact) mass is 311 g/mol. The van der Waals surface area contributed by atoms with Crippen molar-refractivity contribution in [3.05, 3.63) is 28.8 Å². The second-order valence-corrected chi connectivity index (χ2v) is 3.93. The summed E-state index contributed by atoms with van der Waals surface area (Å²) in [6, 6.07) is 3.78. The summed E-state index contributed by atoms with van der Waals surface area (Å²) in [4.78, 5) is 22.6. The summed E-state index contributed by atoms with van der Waals surface area (Å²) in [5, 5.41) is 2.20. The van der Waals surface area contributed by atoms with Crippen molar-refractivity contribution in [1.29, 1.82) is 0 Å². The molecule has 1 rings (SSSR count). The van der Waals surface area contributed by atoms with Gasteiger partial charge >= 0.3 is 18.2 Å². The first-order chi connectivity index (χ1) is 9.23. The molecule has 9 heteroatoms. The number of methoxy groups -OCH3 is 1. The maximum Gasteiger partial charge on any atom is 0.422 e. The van der Waals surface area contributed by atoms with E-state index >= 15 is 0 Å². The largest absolute Gasteiger partial charge is 0.465 e. The molecule has 0 atom stereocenters. The molecule has 0 bridgehead atoms. The highest BCUT2D eigenvalue weighted by atomic mass is 35.5. The fourth-order valence-electron chi connectivity index (χ4n) is 1.20. The molecule has 0 aromatic heterocycles. The highest BCUT2D eigenvalue weighted by Crippen LogP contribution is 2.22. The van der Waals surface area contributed by atoms with Crippen molar-refractivity contribution in [1.82, 2.24) is 0 Å². The van der Waals surface area contributed by atoms with Gasteiger partial charge in [0.25, 0.3) is 0 Å². The lowest BCUT2D eigenvalue weighted by molar-refractivity contribution is -0.159. The van der Waals surface area contributed by atoms with Crippen LogP contribution in [0.5, 0.6) is 0 Å². The first-order valence-corrected chi connectivity index (χ1v) is 5.49. The number of alkyl halides is 3. The molecule has 0 spiro atoms. The molecule has 0 aliphatic carbocycles. The minimum Gasteiger partial charge on any atom is -0.465 e. The van der Waals surface area contributed by atoms with Gasteiger partial charge in [0.05, 0.1) is 18.4 Å².